The maximum Gasteiger partial charge on any atom is 0.223 e. The van der Waals surface area contributed by atoms with Gasteiger partial charge < -0.3 is 30.1 Å². The summed E-state index contributed by atoms with van der Waals surface area (Å²) in [4.78, 5) is 15.6. The molecule has 5 aliphatic rings. The van der Waals surface area contributed by atoms with E-state index in [4.69, 9.17) is 9.47 Å². The first-order chi connectivity index (χ1) is 18.0. The maximum atomic E-state index is 12.8. The fourth-order valence-electron chi connectivity index (χ4n) is 6.85. The Balaban J connectivity index is 0.993. The standard InChI is InChI=1S/C27H48BrN5O4/c1-17-24(37-16-31-17)15-36-23-6-5-19-13-33(10-8-22(19)26(23)28)14-21(34)12-30-27(35)18-7-9-29-25(11-18)32-20-3-2-4-20/h17-26,29,31-32,34H,2-16H2,1H3,(H,30,35)/t17?,18?,19?,21-,22?,23?,24?,25?,26?/m0/s1. The number of halogens is 1. The maximum absolute atomic E-state index is 12.8. The summed E-state index contributed by atoms with van der Waals surface area (Å²) in [5.41, 5.74) is 0. The van der Waals surface area contributed by atoms with Gasteiger partial charge in [-0.2, -0.15) is 0 Å². The highest BCUT2D eigenvalue weighted by atomic mass is 79.9. The van der Waals surface area contributed by atoms with Crippen LogP contribution in [0, 0.1) is 17.8 Å². The Morgan fingerprint density at radius 2 is 2.08 bits per heavy atom. The highest BCUT2D eigenvalue weighted by Gasteiger charge is 2.42. The molecule has 3 heterocycles. The van der Waals surface area contributed by atoms with E-state index >= 15 is 0 Å². The van der Waals surface area contributed by atoms with Crippen molar-refractivity contribution in [3.05, 3.63) is 0 Å². The highest BCUT2D eigenvalue weighted by Crippen LogP contribution is 2.41. The molecule has 8 unspecified atom stereocenters. The summed E-state index contributed by atoms with van der Waals surface area (Å²) in [7, 11) is 0. The number of carbonyl (C=O) groups is 1. The van der Waals surface area contributed by atoms with Gasteiger partial charge in [0.15, 0.2) is 0 Å². The van der Waals surface area contributed by atoms with Gasteiger partial charge in [0, 0.05) is 42.5 Å². The Bertz CT molecular complexity index is 746. The number of hydrogen-bond donors (Lipinski definition) is 5. The van der Waals surface area contributed by atoms with Crippen molar-refractivity contribution in [2.45, 2.75) is 99.7 Å². The Hall–Kier alpha value is -0.330. The lowest BCUT2D eigenvalue weighted by atomic mass is 9.73. The molecule has 2 saturated carbocycles. The molecular weight excluding hydrogens is 538 g/mol. The molecule has 9 nitrogen and oxygen atoms in total. The summed E-state index contributed by atoms with van der Waals surface area (Å²) in [5.74, 6) is 1.34. The van der Waals surface area contributed by atoms with E-state index in [2.05, 4.69) is 49.0 Å². The van der Waals surface area contributed by atoms with Crippen molar-refractivity contribution in [1.29, 1.82) is 0 Å². The average Bonchev–Trinajstić information content (AvgIpc) is 3.29. The molecule has 5 N–H and O–H groups in total. The lowest BCUT2D eigenvalue weighted by Crippen LogP contribution is -2.55. The van der Waals surface area contributed by atoms with Crippen molar-refractivity contribution in [1.82, 2.24) is 26.2 Å². The van der Waals surface area contributed by atoms with Crippen molar-refractivity contribution in [2.75, 3.05) is 46.1 Å². The van der Waals surface area contributed by atoms with Crippen molar-refractivity contribution >= 4 is 21.8 Å². The minimum atomic E-state index is -0.535. The Labute approximate surface area is 230 Å². The van der Waals surface area contributed by atoms with E-state index in [1.807, 2.05) is 0 Å². The van der Waals surface area contributed by atoms with E-state index in [1.54, 1.807) is 0 Å². The third-order valence-electron chi connectivity index (χ3n) is 9.50. The largest absolute Gasteiger partial charge is 0.390 e. The van der Waals surface area contributed by atoms with E-state index in [0.717, 1.165) is 51.7 Å². The van der Waals surface area contributed by atoms with Crippen LogP contribution in [0.3, 0.4) is 0 Å². The van der Waals surface area contributed by atoms with E-state index in [9.17, 15) is 9.90 Å². The van der Waals surface area contributed by atoms with Gasteiger partial charge in [0.2, 0.25) is 5.91 Å². The van der Waals surface area contributed by atoms with E-state index in [1.165, 1.54) is 19.3 Å². The molecular formula is C27H48BrN5O4. The number of nitrogens with zero attached hydrogens (tertiary/aromatic N) is 1. The number of β-amino-alcohol motifs (C(OH)–C–C–N with tert-alkyl or cyclic N) is 1. The lowest BCUT2D eigenvalue weighted by molar-refractivity contribution is -0.126. The number of aliphatic hydroxyl groups is 1. The number of likely N-dealkylation sites (tertiary alicyclic amines) is 1. The molecule has 9 atom stereocenters. The predicted octanol–water partition coefficient (Wildman–Crippen LogP) is 1.15. The van der Waals surface area contributed by atoms with Gasteiger partial charge in [-0.15, -0.1) is 0 Å². The van der Waals surface area contributed by atoms with Gasteiger partial charge in [-0.3, -0.25) is 15.4 Å². The zero-order valence-electron chi connectivity index (χ0n) is 22.4. The summed E-state index contributed by atoms with van der Waals surface area (Å²) < 4.78 is 12.0. The average molecular weight is 587 g/mol. The smallest absolute Gasteiger partial charge is 0.223 e. The molecule has 2 aliphatic carbocycles. The first-order valence-corrected chi connectivity index (χ1v) is 15.7. The number of ether oxygens (including phenoxy) is 2. The highest BCUT2D eigenvalue weighted by molar-refractivity contribution is 9.09. The molecule has 0 aromatic heterocycles. The first-order valence-electron chi connectivity index (χ1n) is 14.7. The quantitative estimate of drug-likeness (QED) is 0.243. The number of piperidine rings is 2. The third kappa shape index (κ3) is 7.45. The molecule has 212 valence electrons. The molecule has 3 saturated heterocycles. The molecule has 3 aliphatic heterocycles. The minimum absolute atomic E-state index is 0.0229. The van der Waals surface area contributed by atoms with Crippen LogP contribution in [-0.2, 0) is 14.3 Å². The SMILES string of the molecule is CC1NCOC1COC1CCC2CN(C[C@@H](O)CNC(=O)C3CCNC(NC4CCC4)C3)CCC2C1Br. The second-order valence-electron chi connectivity index (χ2n) is 12.1. The zero-order valence-corrected chi connectivity index (χ0v) is 24.0. The Kier molecular flexibility index (Phi) is 10.2. The number of carbonyl (C=O) groups excluding carboxylic acids is 1. The zero-order chi connectivity index (χ0) is 25.8. The third-order valence-corrected chi connectivity index (χ3v) is 10.8. The van der Waals surface area contributed by atoms with Gasteiger partial charge >= 0.3 is 0 Å². The van der Waals surface area contributed by atoms with Gasteiger partial charge in [0.05, 0.1) is 37.8 Å². The van der Waals surface area contributed by atoms with Crippen LogP contribution >= 0.6 is 15.9 Å². The van der Waals surface area contributed by atoms with Crippen molar-refractivity contribution in [3.63, 3.8) is 0 Å². The van der Waals surface area contributed by atoms with Gasteiger partial charge in [0.25, 0.3) is 0 Å². The van der Waals surface area contributed by atoms with Gasteiger partial charge in [-0.25, -0.2) is 0 Å². The van der Waals surface area contributed by atoms with Crippen molar-refractivity contribution < 1.29 is 19.4 Å². The molecule has 0 aromatic rings. The molecule has 0 aromatic carbocycles. The van der Waals surface area contributed by atoms with Crippen molar-refractivity contribution in [3.8, 4) is 0 Å². The molecule has 5 rings (SSSR count). The van der Waals surface area contributed by atoms with Gasteiger partial charge in [-0.05, 0) is 76.8 Å². The second kappa shape index (κ2) is 13.4. The molecule has 0 bridgehead atoms. The second-order valence-corrected chi connectivity index (χ2v) is 13.2. The summed E-state index contributed by atoms with van der Waals surface area (Å²) in [6, 6.07) is 0.954. The molecule has 0 radical (unpaired) electrons. The summed E-state index contributed by atoms with van der Waals surface area (Å²) in [6.07, 6.45) is 8.91. The van der Waals surface area contributed by atoms with Gasteiger partial charge in [0.1, 0.15) is 0 Å². The van der Waals surface area contributed by atoms with Crippen LogP contribution in [0.4, 0.5) is 0 Å². The van der Waals surface area contributed by atoms with E-state index in [0.29, 0.717) is 55.2 Å². The predicted molar refractivity (Wildman–Crippen MR) is 146 cm³/mol. The summed E-state index contributed by atoms with van der Waals surface area (Å²) >= 11 is 3.99. The minimum Gasteiger partial charge on any atom is -0.390 e. The van der Waals surface area contributed by atoms with Crippen LogP contribution in [0.1, 0.15) is 58.3 Å². The van der Waals surface area contributed by atoms with Crippen LogP contribution in [0.15, 0.2) is 0 Å². The summed E-state index contributed by atoms with van der Waals surface area (Å²) in [5, 5.41) is 24.2. The molecule has 1 amide bonds. The molecule has 37 heavy (non-hydrogen) atoms. The number of aliphatic hydroxyl groups excluding tert-OH is 1. The number of nitrogens with one attached hydrogen (secondary N) is 4. The molecule has 0 spiro atoms. The first kappa shape index (κ1) is 28.2. The van der Waals surface area contributed by atoms with Crippen LogP contribution in [0.5, 0.6) is 0 Å². The summed E-state index contributed by atoms with van der Waals surface area (Å²) in [6.45, 7) is 7.24. The number of rotatable bonds is 10. The van der Waals surface area contributed by atoms with Crippen molar-refractivity contribution in [2.24, 2.45) is 17.8 Å². The number of alkyl halides is 1. The fourth-order valence-corrected chi connectivity index (χ4v) is 7.96. The van der Waals surface area contributed by atoms with Crippen LogP contribution in [0.25, 0.3) is 0 Å². The normalized spacial score (nSPS) is 40.1. The molecule has 10 heteroatoms. The topological polar surface area (TPSA) is 107 Å². The number of hydrogen-bond acceptors (Lipinski definition) is 8. The fraction of sp³-hybridized carbons (Fsp3) is 0.963. The Morgan fingerprint density at radius 1 is 1.22 bits per heavy atom. The van der Waals surface area contributed by atoms with Crippen LogP contribution in [-0.4, -0.2) is 103 Å². The monoisotopic (exact) mass is 585 g/mol. The van der Waals surface area contributed by atoms with Gasteiger partial charge in [-0.1, -0.05) is 22.4 Å². The van der Waals surface area contributed by atoms with E-state index < -0.39 is 6.10 Å². The van der Waals surface area contributed by atoms with Crippen LogP contribution in [0.2, 0.25) is 0 Å². The lowest BCUT2D eigenvalue weighted by Gasteiger charge is -2.46. The number of amides is 1. The van der Waals surface area contributed by atoms with E-state index in [-0.39, 0.29) is 30.2 Å². The van der Waals surface area contributed by atoms with Crippen LogP contribution < -0.4 is 21.3 Å². The molecule has 5 fully saturated rings. The number of fused-ring (bicyclic) bond motifs is 1. The Morgan fingerprint density at radius 3 is 2.84 bits per heavy atom.